The molecule has 28 heavy (non-hydrogen) atoms. The lowest BCUT2D eigenvalue weighted by Crippen LogP contribution is -2.43. The van der Waals surface area contributed by atoms with Crippen LogP contribution in [0.5, 0.6) is 0 Å². The minimum absolute atomic E-state index is 0.0725. The molecule has 1 aliphatic rings. The number of benzene rings is 2. The first kappa shape index (κ1) is 20.1. The van der Waals surface area contributed by atoms with Gasteiger partial charge in [-0.1, -0.05) is 42.0 Å². The van der Waals surface area contributed by atoms with Gasteiger partial charge in [0.15, 0.2) is 5.78 Å². The van der Waals surface area contributed by atoms with E-state index in [1.54, 1.807) is 6.07 Å². The number of Topliss-reactive ketones (excluding diaryl/α,β-unsaturated/α-hetero) is 1. The average Bonchev–Trinajstić information content (AvgIpc) is 2.72. The molecule has 0 aliphatic carbocycles. The van der Waals surface area contributed by atoms with Gasteiger partial charge in [-0.15, -0.1) is 0 Å². The van der Waals surface area contributed by atoms with Crippen LogP contribution in [0.1, 0.15) is 27.5 Å². The smallest absolute Gasteiger partial charge is 0.270 e. The molecule has 7 nitrogen and oxygen atoms in total. The molecule has 2 aromatic carbocycles. The second-order valence-electron chi connectivity index (χ2n) is 6.94. The van der Waals surface area contributed by atoms with E-state index in [1.165, 1.54) is 29.3 Å². The second kappa shape index (κ2) is 9.54. The van der Waals surface area contributed by atoms with E-state index >= 15 is 0 Å². The molecule has 0 amide bonds. The number of hydrogen-bond donors (Lipinski definition) is 1. The Morgan fingerprint density at radius 1 is 1.21 bits per heavy atom. The average molecular weight is 383 g/mol. The predicted octanol–water partition coefficient (Wildman–Crippen LogP) is 2.75. The highest BCUT2D eigenvalue weighted by atomic mass is 16.6. The third-order valence-corrected chi connectivity index (χ3v) is 4.95. The SMILES string of the molecule is Cc1ccc(C(CNCC(=O)c2cccc([N+](=O)[O-])c2)N2CCOCC2)cc1. The van der Waals surface area contributed by atoms with E-state index in [2.05, 4.69) is 41.4 Å². The lowest BCUT2D eigenvalue weighted by atomic mass is 10.0. The molecule has 7 heteroatoms. The Kier molecular flexibility index (Phi) is 6.86. The van der Waals surface area contributed by atoms with Crippen LogP contribution in [-0.2, 0) is 4.74 Å². The number of nitro benzene ring substituents is 1. The number of aryl methyl sites for hydroxylation is 1. The normalized spacial score (nSPS) is 15.9. The molecule has 1 unspecified atom stereocenters. The van der Waals surface area contributed by atoms with Crippen molar-refractivity contribution in [1.29, 1.82) is 0 Å². The standard InChI is InChI=1S/C21H25N3O4/c1-16-5-7-17(8-6-16)20(23-9-11-28-12-10-23)14-22-15-21(25)18-3-2-4-19(13-18)24(26)27/h2-8,13,20,22H,9-12,14-15H2,1H3. The van der Waals surface area contributed by atoms with Gasteiger partial charge in [-0.2, -0.15) is 0 Å². The Balaban J connectivity index is 1.64. The quantitative estimate of drug-likeness (QED) is 0.429. The van der Waals surface area contributed by atoms with Crippen LogP contribution in [0.15, 0.2) is 48.5 Å². The number of nitro groups is 1. The molecule has 1 atom stereocenters. The molecule has 0 spiro atoms. The summed E-state index contributed by atoms with van der Waals surface area (Å²) in [6, 6.07) is 14.4. The lowest BCUT2D eigenvalue weighted by Gasteiger charge is -2.35. The maximum atomic E-state index is 12.4. The number of non-ortho nitro benzene ring substituents is 1. The van der Waals surface area contributed by atoms with Gasteiger partial charge in [0.05, 0.1) is 24.7 Å². The highest BCUT2D eigenvalue weighted by Gasteiger charge is 2.22. The summed E-state index contributed by atoms with van der Waals surface area (Å²) in [5, 5.41) is 14.1. The summed E-state index contributed by atoms with van der Waals surface area (Å²) < 4.78 is 5.46. The summed E-state index contributed by atoms with van der Waals surface area (Å²) in [6.07, 6.45) is 0. The van der Waals surface area contributed by atoms with Crippen LogP contribution in [0.3, 0.4) is 0 Å². The van der Waals surface area contributed by atoms with Gasteiger partial charge < -0.3 is 10.1 Å². The van der Waals surface area contributed by atoms with Crippen LogP contribution in [0.25, 0.3) is 0 Å². The fourth-order valence-electron chi connectivity index (χ4n) is 3.35. The van der Waals surface area contributed by atoms with E-state index in [-0.39, 0.29) is 24.1 Å². The van der Waals surface area contributed by atoms with Crippen molar-refractivity contribution >= 4 is 11.5 Å². The monoisotopic (exact) mass is 383 g/mol. The highest BCUT2D eigenvalue weighted by Crippen LogP contribution is 2.22. The maximum Gasteiger partial charge on any atom is 0.270 e. The fourth-order valence-corrected chi connectivity index (χ4v) is 3.35. The van der Waals surface area contributed by atoms with Gasteiger partial charge in [0.2, 0.25) is 0 Å². The minimum atomic E-state index is -0.490. The number of rotatable bonds is 8. The van der Waals surface area contributed by atoms with Gasteiger partial charge in [-0.05, 0) is 12.5 Å². The first-order chi connectivity index (χ1) is 13.5. The summed E-state index contributed by atoms with van der Waals surface area (Å²) in [4.78, 5) is 25.2. The van der Waals surface area contributed by atoms with Crippen LogP contribution < -0.4 is 5.32 Å². The Bertz CT molecular complexity index is 817. The molecule has 1 N–H and O–H groups in total. The largest absolute Gasteiger partial charge is 0.379 e. The lowest BCUT2D eigenvalue weighted by molar-refractivity contribution is -0.384. The summed E-state index contributed by atoms with van der Waals surface area (Å²) in [6.45, 7) is 5.91. The van der Waals surface area contributed by atoms with Gasteiger partial charge in [0.1, 0.15) is 0 Å². The zero-order chi connectivity index (χ0) is 19.9. The van der Waals surface area contributed by atoms with Crippen molar-refractivity contribution in [2.45, 2.75) is 13.0 Å². The van der Waals surface area contributed by atoms with Crippen molar-refractivity contribution in [1.82, 2.24) is 10.2 Å². The molecule has 1 aliphatic heterocycles. The van der Waals surface area contributed by atoms with Gasteiger partial charge in [-0.25, -0.2) is 0 Å². The van der Waals surface area contributed by atoms with Crippen molar-refractivity contribution in [2.24, 2.45) is 0 Å². The Morgan fingerprint density at radius 2 is 1.93 bits per heavy atom. The van der Waals surface area contributed by atoms with Crippen LogP contribution >= 0.6 is 0 Å². The van der Waals surface area contributed by atoms with Gasteiger partial charge in [0, 0.05) is 43.4 Å². The number of ketones is 1. The third kappa shape index (κ3) is 5.22. The van der Waals surface area contributed by atoms with E-state index in [4.69, 9.17) is 4.74 Å². The summed E-state index contributed by atoms with van der Waals surface area (Å²) in [7, 11) is 0. The number of nitrogens with zero attached hydrogens (tertiary/aromatic N) is 2. The minimum Gasteiger partial charge on any atom is -0.379 e. The van der Waals surface area contributed by atoms with E-state index in [0.717, 1.165) is 13.1 Å². The van der Waals surface area contributed by atoms with Crippen LogP contribution in [0.4, 0.5) is 5.69 Å². The molecule has 148 valence electrons. The number of hydrogen-bond acceptors (Lipinski definition) is 6. The van der Waals surface area contributed by atoms with Crippen LogP contribution in [0.2, 0.25) is 0 Å². The Labute approximate surface area is 164 Å². The second-order valence-corrected chi connectivity index (χ2v) is 6.94. The zero-order valence-corrected chi connectivity index (χ0v) is 16.0. The molecule has 1 fully saturated rings. The van der Waals surface area contributed by atoms with Crippen molar-refractivity contribution in [3.05, 3.63) is 75.3 Å². The summed E-state index contributed by atoms with van der Waals surface area (Å²) in [5.41, 5.74) is 2.68. The molecule has 0 bridgehead atoms. The number of carbonyl (C=O) groups is 1. The van der Waals surface area contributed by atoms with Gasteiger partial charge in [-0.3, -0.25) is 19.8 Å². The molecule has 3 rings (SSSR count). The molecule has 0 saturated carbocycles. The topological polar surface area (TPSA) is 84.7 Å². The first-order valence-electron chi connectivity index (χ1n) is 9.41. The maximum absolute atomic E-state index is 12.4. The summed E-state index contributed by atoms with van der Waals surface area (Å²) >= 11 is 0. The number of carbonyl (C=O) groups excluding carboxylic acids is 1. The highest BCUT2D eigenvalue weighted by molar-refractivity contribution is 5.98. The molecule has 1 saturated heterocycles. The van der Waals surface area contributed by atoms with Crippen molar-refractivity contribution in [2.75, 3.05) is 39.4 Å². The van der Waals surface area contributed by atoms with E-state index < -0.39 is 4.92 Å². The molecule has 1 heterocycles. The van der Waals surface area contributed by atoms with Crippen molar-refractivity contribution in [3.8, 4) is 0 Å². The molecule has 2 aromatic rings. The third-order valence-electron chi connectivity index (χ3n) is 4.95. The zero-order valence-electron chi connectivity index (χ0n) is 16.0. The van der Waals surface area contributed by atoms with Crippen molar-refractivity contribution < 1.29 is 14.5 Å². The molecular weight excluding hydrogens is 358 g/mol. The first-order valence-corrected chi connectivity index (χ1v) is 9.41. The molecule has 0 radical (unpaired) electrons. The van der Waals surface area contributed by atoms with E-state index in [0.29, 0.717) is 25.3 Å². The fraction of sp³-hybridized carbons (Fsp3) is 0.381. The Morgan fingerprint density at radius 3 is 2.61 bits per heavy atom. The number of morpholine rings is 1. The van der Waals surface area contributed by atoms with Crippen LogP contribution in [-0.4, -0.2) is 55.0 Å². The molecular formula is C21H25N3O4. The predicted molar refractivity (Wildman–Crippen MR) is 107 cm³/mol. The van der Waals surface area contributed by atoms with Gasteiger partial charge in [0.25, 0.3) is 5.69 Å². The number of ether oxygens (including phenoxy) is 1. The Hall–Kier alpha value is -2.61. The number of nitrogens with one attached hydrogen (secondary N) is 1. The van der Waals surface area contributed by atoms with Crippen molar-refractivity contribution in [3.63, 3.8) is 0 Å². The van der Waals surface area contributed by atoms with E-state index in [9.17, 15) is 14.9 Å². The molecule has 0 aromatic heterocycles. The van der Waals surface area contributed by atoms with Gasteiger partial charge >= 0.3 is 0 Å². The van der Waals surface area contributed by atoms with E-state index in [1.807, 2.05) is 0 Å². The summed E-state index contributed by atoms with van der Waals surface area (Å²) in [5.74, 6) is -0.159. The van der Waals surface area contributed by atoms with Crippen LogP contribution in [0, 0.1) is 17.0 Å².